The highest BCUT2D eigenvalue weighted by molar-refractivity contribution is 14.1. The molecule has 0 aliphatic carbocycles. The van der Waals surface area contributed by atoms with Gasteiger partial charge in [0.25, 0.3) is 0 Å². The van der Waals surface area contributed by atoms with Crippen molar-refractivity contribution in [2.75, 3.05) is 13.2 Å². The fourth-order valence-corrected chi connectivity index (χ4v) is 4.40. The van der Waals surface area contributed by atoms with Crippen LogP contribution in [0, 0.1) is 15.3 Å². The number of ether oxygens (including phenoxy) is 1. The second-order valence-electron chi connectivity index (χ2n) is 8.55. The molecular formula is C25H26FIN4O4. The molecule has 8 nitrogen and oxygen atoms in total. The van der Waals surface area contributed by atoms with E-state index in [9.17, 15) is 14.3 Å². The zero-order valence-electron chi connectivity index (χ0n) is 19.3. The molecule has 0 fully saturated rings. The van der Waals surface area contributed by atoms with Crippen LogP contribution in [0.4, 0.5) is 4.39 Å². The van der Waals surface area contributed by atoms with E-state index in [1.165, 1.54) is 16.8 Å². The van der Waals surface area contributed by atoms with E-state index in [0.717, 1.165) is 3.57 Å². The average molecular weight is 592 g/mol. The molecule has 0 bridgehead atoms. The Kier molecular flexibility index (Phi) is 7.60. The minimum Gasteiger partial charge on any atom is -0.493 e. The summed E-state index contributed by atoms with van der Waals surface area (Å²) >= 11 is 2.05. The number of halogens is 2. The van der Waals surface area contributed by atoms with Crippen LogP contribution in [-0.4, -0.2) is 42.9 Å². The monoisotopic (exact) mass is 592 g/mol. The van der Waals surface area contributed by atoms with Crippen LogP contribution in [0.5, 0.6) is 11.6 Å². The predicted octanol–water partition coefficient (Wildman–Crippen LogP) is 4.69. The summed E-state index contributed by atoms with van der Waals surface area (Å²) in [5, 5.41) is 20.0. The Labute approximate surface area is 215 Å². The molecule has 0 aliphatic heterocycles. The van der Waals surface area contributed by atoms with Crippen LogP contribution < -0.4 is 10.4 Å². The van der Waals surface area contributed by atoms with Gasteiger partial charge in [0.1, 0.15) is 29.7 Å². The number of aromatic amines is 2. The lowest BCUT2D eigenvalue weighted by molar-refractivity contribution is 0.201. The van der Waals surface area contributed by atoms with Crippen LogP contribution in [0.25, 0.3) is 22.5 Å². The van der Waals surface area contributed by atoms with Crippen molar-refractivity contribution in [3.05, 3.63) is 74.4 Å². The first kappa shape index (κ1) is 25.0. The Morgan fingerprint density at radius 2 is 1.91 bits per heavy atom. The molecule has 4 aromatic rings. The lowest BCUT2D eigenvalue weighted by Crippen LogP contribution is -2.25. The average Bonchev–Trinajstić information content (AvgIpc) is 3.41. The van der Waals surface area contributed by atoms with Crippen LogP contribution in [0.2, 0.25) is 0 Å². The van der Waals surface area contributed by atoms with Crippen LogP contribution in [0.1, 0.15) is 32.1 Å². The third-order valence-electron chi connectivity index (χ3n) is 5.54. The highest BCUT2D eigenvalue weighted by Crippen LogP contribution is 2.34. The van der Waals surface area contributed by atoms with E-state index in [4.69, 9.17) is 9.84 Å². The van der Waals surface area contributed by atoms with Gasteiger partial charge >= 0.3 is 5.69 Å². The van der Waals surface area contributed by atoms with Crippen molar-refractivity contribution in [1.82, 2.24) is 19.5 Å². The van der Waals surface area contributed by atoms with E-state index < -0.39 is 11.7 Å². The van der Waals surface area contributed by atoms with Gasteiger partial charge in [0, 0.05) is 14.7 Å². The molecule has 35 heavy (non-hydrogen) atoms. The van der Waals surface area contributed by atoms with Crippen molar-refractivity contribution in [1.29, 1.82) is 0 Å². The molecule has 2 heterocycles. The predicted molar refractivity (Wildman–Crippen MR) is 139 cm³/mol. The number of H-pyrrole nitrogens is 2. The van der Waals surface area contributed by atoms with Gasteiger partial charge in [0.2, 0.25) is 5.88 Å². The van der Waals surface area contributed by atoms with Gasteiger partial charge in [-0.25, -0.2) is 14.2 Å². The number of rotatable bonds is 9. The second kappa shape index (κ2) is 10.6. The smallest absolute Gasteiger partial charge is 0.329 e. The van der Waals surface area contributed by atoms with Gasteiger partial charge in [-0.1, -0.05) is 13.8 Å². The summed E-state index contributed by atoms with van der Waals surface area (Å²) in [5.41, 5.74) is 1.25. The molecule has 0 unspecified atom stereocenters. The summed E-state index contributed by atoms with van der Waals surface area (Å²) in [6.45, 7) is 4.10. The van der Waals surface area contributed by atoms with Crippen LogP contribution in [0.3, 0.4) is 0 Å². The van der Waals surface area contributed by atoms with Crippen molar-refractivity contribution in [2.24, 2.45) is 5.92 Å². The maximum Gasteiger partial charge on any atom is 0.329 e. The Morgan fingerprint density at radius 1 is 1.17 bits per heavy atom. The minimum absolute atomic E-state index is 0.0966. The number of nitrogens with one attached hydrogen (secondary N) is 2. The highest BCUT2D eigenvalue weighted by Gasteiger charge is 2.27. The standard InChI is InChI=1S/C25H26FIN4O4/c1-14(2)11-21(23-28-13-20(29-23)18-8-5-16(27)12-19(18)26)31-24(33)22(30-25(31)34)15-3-6-17(7-4-15)35-10-9-32/h3-8,12-14,21,32-33H,9-11H2,1-2H3,(H,28,29)(H,30,34)/t21-/m1/s1. The van der Waals surface area contributed by atoms with Crippen LogP contribution in [-0.2, 0) is 0 Å². The topological polar surface area (TPSA) is 116 Å². The van der Waals surface area contributed by atoms with Gasteiger partial charge < -0.3 is 24.9 Å². The summed E-state index contributed by atoms with van der Waals surface area (Å²) in [7, 11) is 0. The zero-order chi connectivity index (χ0) is 25.1. The third kappa shape index (κ3) is 5.43. The maximum atomic E-state index is 14.5. The second-order valence-corrected chi connectivity index (χ2v) is 9.79. The Balaban J connectivity index is 1.71. The van der Waals surface area contributed by atoms with Crippen molar-refractivity contribution in [2.45, 2.75) is 26.3 Å². The van der Waals surface area contributed by atoms with Gasteiger partial charge in [0.05, 0.1) is 24.5 Å². The molecule has 0 amide bonds. The Bertz CT molecular complexity index is 1360. The number of aromatic nitrogens is 4. The molecule has 4 N–H and O–H groups in total. The molecule has 0 spiro atoms. The van der Waals surface area contributed by atoms with E-state index >= 15 is 0 Å². The summed E-state index contributed by atoms with van der Waals surface area (Å²) in [5.74, 6) is 0.595. The summed E-state index contributed by atoms with van der Waals surface area (Å²) in [6, 6.07) is 11.1. The van der Waals surface area contributed by atoms with Gasteiger partial charge in [-0.15, -0.1) is 0 Å². The highest BCUT2D eigenvalue weighted by atomic mass is 127. The van der Waals surface area contributed by atoms with E-state index in [2.05, 4.69) is 15.0 Å². The molecule has 0 saturated heterocycles. The van der Waals surface area contributed by atoms with Crippen molar-refractivity contribution >= 4 is 22.6 Å². The molecule has 10 heteroatoms. The zero-order valence-corrected chi connectivity index (χ0v) is 21.4. The van der Waals surface area contributed by atoms with E-state index in [0.29, 0.717) is 34.8 Å². The molecule has 0 radical (unpaired) electrons. The Morgan fingerprint density at radius 3 is 2.57 bits per heavy atom. The molecular weight excluding hydrogens is 566 g/mol. The molecule has 4 rings (SSSR count). The number of benzene rings is 2. The van der Waals surface area contributed by atoms with Gasteiger partial charge in [0.15, 0.2) is 0 Å². The number of hydrogen-bond acceptors (Lipinski definition) is 5. The lowest BCUT2D eigenvalue weighted by atomic mass is 10.0. The Hall–Kier alpha value is -3.12. The fourth-order valence-electron chi connectivity index (χ4n) is 3.95. The van der Waals surface area contributed by atoms with Gasteiger partial charge in [-0.2, -0.15) is 0 Å². The summed E-state index contributed by atoms with van der Waals surface area (Å²) in [4.78, 5) is 23.3. The summed E-state index contributed by atoms with van der Waals surface area (Å²) in [6.07, 6.45) is 2.05. The SMILES string of the molecule is CC(C)C[C@H](c1ncc(-c2ccc(I)cc2F)[nH]1)n1c(O)c(-c2ccc(OCCO)cc2)[nH]c1=O. The van der Waals surface area contributed by atoms with Gasteiger partial charge in [-0.3, -0.25) is 4.57 Å². The van der Waals surface area contributed by atoms with Gasteiger partial charge in [-0.05, 0) is 77.4 Å². The van der Waals surface area contributed by atoms with Crippen LogP contribution in [0.15, 0.2) is 53.5 Å². The first-order valence-electron chi connectivity index (χ1n) is 11.2. The molecule has 2 aromatic heterocycles. The third-order valence-corrected chi connectivity index (χ3v) is 6.22. The quantitative estimate of drug-likeness (QED) is 0.211. The largest absolute Gasteiger partial charge is 0.493 e. The minimum atomic E-state index is -0.597. The lowest BCUT2D eigenvalue weighted by Gasteiger charge is -2.18. The summed E-state index contributed by atoms with van der Waals surface area (Å²) < 4.78 is 22.0. The van der Waals surface area contributed by atoms with E-state index in [-0.39, 0.29) is 36.5 Å². The number of aromatic hydroxyl groups is 1. The number of nitrogens with zero attached hydrogens (tertiary/aromatic N) is 2. The molecule has 184 valence electrons. The molecule has 2 aromatic carbocycles. The van der Waals surface area contributed by atoms with Crippen molar-refractivity contribution < 1.29 is 19.3 Å². The normalized spacial score (nSPS) is 12.3. The first-order chi connectivity index (χ1) is 16.8. The number of hydrogen-bond donors (Lipinski definition) is 4. The molecule has 1 atom stereocenters. The van der Waals surface area contributed by atoms with Crippen molar-refractivity contribution in [3.63, 3.8) is 0 Å². The van der Waals surface area contributed by atoms with E-state index in [1.807, 2.05) is 36.4 Å². The van der Waals surface area contributed by atoms with Crippen molar-refractivity contribution in [3.8, 4) is 34.1 Å². The van der Waals surface area contributed by atoms with Crippen LogP contribution >= 0.6 is 22.6 Å². The molecule has 0 saturated carbocycles. The molecule has 0 aliphatic rings. The number of imidazole rings is 2. The first-order valence-corrected chi connectivity index (χ1v) is 12.2. The number of aliphatic hydroxyl groups excluding tert-OH is 1. The fraction of sp³-hybridized carbons (Fsp3) is 0.280. The maximum absolute atomic E-state index is 14.5. The van der Waals surface area contributed by atoms with E-state index in [1.54, 1.807) is 36.4 Å². The number of aliphatic hydroxyl groups is 1.